The molecule has 0 aliphatic carbocycles. The first-order valence-electron chi connectivity index (χ1n) is 11.7. The van der Waals surface area contributed by atoms with E-state index in [-0.39, 0.29) is 43.2 Å². The van der Waals surface area contributed by atoms with Gasteiger partial charge < -0.3 is 4.90 Å². The number of fused-ring (bicyclic) bond motifs is 1. The summed E-state index contributed by atoms with van der Waals surface area (Å²) in [5.74, 6) is -1.16. The number of rotatable bonds is 6. The summed E-state index contributed by atoms with van der Waals surface area (Å²) in [4.78, 5) is 42.2. The molecule has 3 amide bonds. The SMILES string of the molecule is CCN(CC)S(=O)(=O)N1CCN(C(=O)c2ccc3c(c2)C(=O)N(c2cc(C)ccc2C)C3=O)CC1. The molecular formula is C25H30N4O5S. The molecule has 4 rings (SSSR count). The van der Waals surface area contributed by atoms with Crippen molar-refractivity contribution in [2.45, 2.75) is 27.7 Å². The highest BCUT2D eigenvalue weighted by Gasteiger charge is 2.38. The molecule has 0 aromatic heterocycles. The van der Waals surface area contributed by atoms with Gasteiger partial charge in [0, 0.05) is 44.8 Å². The van der Waals surface area contributed by atoms with Crippen molar-refractivity contribution in [3.63, 3.8) is 0 Å². The smallest absolute Gasteiger partial charge is 0.282 e. The first-order chi connectivity index (χ1) is 16.6. The van der Waals surface area contributed by atoms with Gasteiger partial charge in [-0.2, -0.15) is 17.0 Å². The summed E-state index contributed by atoms with van der Waals surface area (Å²) in [5.41, 5.74) is 3.04. The molecule has 2 heterocycles. The number of benzene rings is 2. The second kappa shape index (κ2) is 9.52. The maximum Gasteiger partial charge on any atom is 0.282 e. The Labute approximate surface area is 206 Å². The van der Waals surface area contributed by atoms with Crippen LogP contribution in [0.1, 0.15) is 56.0 Å². The summed E-state index contributed by atoms with van der Waals surface area (Å²) in [6, 6.07) is 10.1. The second-order valence-electron chi connectivity index (χ2n) is 8.78. The highest BCUT2D eigenvalue weighted by atomic mass is 32.2. The number of piperazine rings is 1. The van der Waals surface area contributed by atoms with Gasteiger partial charge in [-0.1, -0.05) is 26.0 Å². The van der Waals surface area contributed by atoms with E-state index in [1.165, 1.54) is 20.7 Å². The van der Waals surface area contributed by atoms with Crippen LogP contribution >= 0.6 is 0 Å². The minimum Gasteiger partial charge on any atom is -0.336 e. The van der Waals surface area contributed by atoms with Gasteiger partial charge in [-0.25, -0.2) is 4.90 Å². The molecule has 0 unspecified atom stereocenters. The topological polar surface area (TPSA) is 98.3 Å². The van der Waals surface area contributed by atoms with E-state index >= 15 is 0 Å². The highest BCUT2D eigenvalue weighted by molar-refractivity contribution is 7.86. The lowest BCUT2D eigenvalue weighted by molar-refractivity contribution is 0.0694. The lowest BCUT2D eigenvalue weighted by Gasteiger charge is -2.36. The van der Waals surface area contributed by atoms with E-state index in [0.29, 0.717) is 24.3 Å². The van der Waals surface area contributed by atoms with E-state index in [9.17, 15) is 22.8 Å². The van der Waals surface area contributed by atoms with E-state index in [0.717, 1.165) is 16.0 Å². The zero-order valence-corrected chi connectivity index (χ0v) is 21.3. The summed E-state index contributed by atoms with van der Waals surface area (Å²) in [6.07, 6.45) is 0. The van der Waals surface area contributed by atoms with Gasteiger partial charge in [0.1, 0.15) is 0 Å². The first kappa shape index (κ1) is 25.0. The van der Waals surface area contributed by atoms with Crippen molar-refractivity contribution in [1.82, 2.24) is 13.5 Å². The molecule has 0 spiro atoms. The average Bonchev–Trinajstić information content (AvgIpc) is 3.10. The Balaban J connectivity index is 1.52. The molecule has 186 valence electrons. The Kier molecular flexibility index (Phi) is 6.81. The number of amides is 3. The number of imide groups is 1. The third kappa shape index (κ3) is 4.37. The summed E-state index contributed by atoms with van der Waals surface area (Å²) in [6.45, 7) is 9.00. The van der Waals surface area contributed by atoms with Gasteiger partial charge in [0.15, 0.2) is 0 Å². The van der Waals surface area contributed by atoms with Crippen LogP contribution in [0, 0.1) is 13.8 Å². The monoisotopic (exact) mass is 498 g/mol. The maximum absolute atomic E-state index is 13.2. The molecule has 2 aromatic rings. The van der Waals surface area contributed by atoms with Crippen molar-refractivity contribution in [3.05, 3.63) is 64.2 Å². The van der Waals surface area contributed by atoms with Crippen LogP contribution in [0.2, 0.25) is 0 Å². The zero-order valence-electron chi connectivity index (χ0n) is 20.4. The van der Waals surface area contributed by atoms with Crippen molar-refractivity contribution in [1.29, 1.82) is 0 Å². The summed E-state index contributed by atoms with van der Waals surface area (Å²) >= 11 is 0. The molecule has 2 aliphatic heterocycles. The molecule has 9 nitrogen and oxygen atoms in total. The average molecular weight is 499 g/mol. The number of aryl methyl sites for hydroxylation is 2. The molecule has 2 aliphatic rings. The number of anilines is 1. The molecule has 0 bridgehead atoms. The highest BCUT2D eigenvalue weighted by Crippen LogP contribution is 2.32. The lowest BCUT2D eigenvalue weighted by Crippen LogP contribution is -2.54. The molecular weight excluding hydrogens is 468 g/mol. The van der Waals surface area contributed by atoms with Crippen LogP contribution in [0.5, 0.6) is 0 Å². The molecule has 35 heavy (non-hydrogen) atoms. The summed E-state index contributed by atoms with van der Waals surface area (Å²) < 4.78 is 28.3. The first-order valence-corrected chi connectivity index (χ1v) is 13.1. The van der Waals surface area contributed by atoms with Crippen LogP contribution in [-0.4, -0.2) is 78.9 Å². The Hall–Kier alpha value is -3.08. The van der Waals surface area contributed by atoms with Gasteiger partial charge in [-0.3, -0.25) is 14.4 Å². The van der Waals surface area contributed by atoms with E-state index in [4.69, 9.17) is 0 Å². The predicted molar refractivity (Wildman–Crippen MR) is 133 cm³/mol. The molecule has 1 fully saturated rings. The Morgan fingerprint density at radius 3 is 2.14 bits per heavy atom. The van der Waals surface area contributed by atoms with Crippen molar-refractivity contribution in [3.8, 4) is 0 Å². The molecule has 0 radical (unpaired) electrons. The van der Waals surface area contributed by atoms with Gasteiger partial charge in [-0.05, 0) is 49.2 Å². The minimum atomic E-state index is -3.56. The number of carbonyl (C=O) groups excluding carboxylic acids is 3. The van der Waals surface area contributed by atoms with Gasteiger partial charge in [0.05, 0.1) is 16.8 Å². The van der Waals surface area contributed by atoms with E-state index in [1.54, 1.807) is 30.9 Å². The van der Waals surface area contributed by atoms with Crippen molar-refractivity contribution in [2.75, 3.05) is 44.2 Å². The van der Waals surface area contributed by atoms with E-state index in [1.807, 2.05) is 26.0 Å². The lowest BCUT2D eigenvalue weighted by atomic mass is 10.0. The Morgan fingerprint density at radius 2 is 1.51 bits per heavy atom. The van der Waals surface area contributed by atoms with Crippen LogP contribution in [0.3, 0.4) is 0 Å². The van der Waals surface area contributed by atoms with Crippen molar-refractivity contribution in [2.24, 2.45) is 0 Å². The summed E-state index contributed by atoms with van der Waals surface area (Å²) in [5, 5.41) is 0. The van der Waals surface area contributed by atoms with Crippen LogP contribution in [0.25, 0.3) is 0 Å². The molecule has 0 saturated carbocycles. The molecule has 0 atom stereocenters. The quantitative estimate of drug-likeness (QED) is 0.570. The molecule has 1 saturated heterocycles. The Bertz CT molecular complexity index is 1290. The number of hydrogen-bond acceptors (Lipinski definition) is 5. The standard InChI is InChI=1S/C25H30N4O5S/c1-5-27(6-2)35(33,34)28-13-11-26(12-14-28)23(30)19-9-10-20-21(16-19)25(32)29(24(20)31)22-15-17(3)7-8-18(22)4/h7-10,15-16H,5-6,11-14H2,1-4H3. The van der Waals surface area contributed by atoms with Crippen LogP contribution in [0.4, 0.5) is 5.69 Å². The van der Waals surface area contributed by atoms with Crippen LogP contribution in [0.15, 0.2) is 36.4 Å². The van der Waals surface area contributed by atoms with E-state index < -0.39 is 22.0 Å². The largest absolute Gasteiger partial charge is 0.336 e. The third-order valence-electron chi connectivity index (χ3n) is 6.62. The minimum absolute atomic E-state index is 0.199. The molecule has 0 N–H and O–H groups in total. The maximum atomic E-state index is 13.2. The van der Waals surface area contributed by atoms with Crippen LogP contribution in [-0.2, 0) is 10.2 Å². The third-order valence-corrected chi connectivity index (χ3v) is 8.81. The van der Waals surface area contributed by atoms with Gasteiger partial charge in [-0.15, -0.1) is 0 Å². The fourth-order valence-corrected chi connectivity index (χ4v) is 6.17. The molecule has 2 aromatic carbocycles. The van der Waals surface area contributed by atoms with Crippen LogP contribution < -0.4 is 4.90 Å². The number of carbonyl (C=O) groups is 3. The molecule has 10 heteroatoms. The Morgan fingerprint density at radius 1 is 0.886 bits per heavy atom. The van der Waals surface area contributed by atoms with Crippen molar-refractivity contribution < 1.29 is 22.8 Å². The van der Waals surface area contributed by atoms with Gasteiger partial charge in [0.25, 0.3) is 27.9 Å². The second-order valence-corrected chi connectivity index (χ2v) is 10.7. The fourth-order valence-electron chi connectivity index (χ4n) is 4.57. The fraction of sp³-hybridized carbons (Fsp3) is 0.400. The van der Waals surface area contributed by atoms with Gasteiger partial charge in [0.2, 0.25) is 0 Å². The number of hydrogen-bond donors (Lipinski definition) is 0. The normalized spacial score (nSPS) is 16.8. The van der Waals surface area contributed by atoms with E-state index in [2.05, 4.69) is 0 Å². The summed E-state index contributed by atoms with van der Waals surface area (Å²) in [7, 11) is -3.56. The van der Waals surface area contributed by atoms with Crippen molar-refractivity contribution >= 4 is 33.6 Å². The number of nitrogens with zero attached hydrogens (tertiary/aromatic N) is 4. The zero-order chi connectivity index (χ0) is 25.5. The van der Waals surface area contributed by atoms with Gasteiger partial charge >= 0.3 is 0 Å². The predicted octanol–water partition coefficient (Wildman–Crippen LogP) is 2.45.